The van der Waals surface area contributed by atoms with Crippen LogP contribution in [0.2, 0.25) is 0 Å². The molecule has 116 valence electrons. The van der Waals surface area contributed by atoms with Crippen molar-refractivity contribution in [1.82, 2.24) is 15.1 Å². The first-order valence-electron chi connectivity index (χ1n) is 7.10. The van der Waals surface area contributed by atoms with Crippen LogP contribution >= 0.6 is 0 Å². The molecule has 0 aliphatic carbocycles. The second-order valence-electron chi connectivity index (χ2n) is 6.54. The van der Waals surface area contributed by atoms with E-state index in [9.17, 15) is 14.7 Å². The zero-order chi connectivity index (χ0) is 15.5. The summed E-state index contributed by atoms with van der Waals surface area (Å²) in [6.07, 6.45) is 1.38. The molecule has 1 saturated heterocycles. The molecule has 6 nitrogen and oxygen atoms in total. The van der Waals surface area contributed by atoms with E-state index in [0.29, 0.717) is 25.4 Å². The number of carboxylic acids is 1. The van der Waals surface area contributed by atoms with E-state index in [1.54, 1.807) is 0 Å². The summed E-state index contributed by atoms with van der Waals surface area (Å²) in [7, 11) is 3.91. The number of amides is 2. The smallest absolute Gasteiger partial charge is 0.326 e. The van der Waals surface area contributed by atoms with Crippen molar-refractivity contribution in [2.45, 2.75) is 45.2 Å². The van der Waals surface area contributed by atoms with Gasteiger partial charge in [-0.2, -0.15) is 0 Å². The summed E-state index contributed by atoms with van der Waals surface area (Å²) in [5, 5.41) is 12.1. The lowest BCUT2D eigenvalue weighted by atomic mass is 9.93. The van der Waals surface area contributed by atoms with Gasteiger partial charge in [0.2, 0.25) is 0 Å². The van der Waals surface area contributed by atoms with Crippen LogP contribution in [-0.2, 0) is 4.79 Å². The Morgan fingerprint density at radius 1 is 1.40 bits per heavy atom. The standard InChI is InChI=1S/C14H27N3O3/c1-10-6-7-17(11(8-10)12(18)19)13(20)15-9-14(2,3)16(4)5/h10-11H,6-9H2,1-5H3,(H,15,20)(H,18,19). The molecule has 1 fully saturated rings. The summed E-state index contributed by atoms with van der Waals surface area (Å²) in [6.45, 7) is 7.07. The van der Waals surface area contributed by atoms with Crippen LogP contribution < -0.4 is 5.32 Å². The van der Waals surface area contributed by atoms with Crippen molar-refractivity contribution < 1.29 is 14.7 Å². The maximum Gasteiger partial charge on any atom is 0.326 e. The third-order valence-electron chi connectivity index (χ3n) is 4.29. The Bertz CT molecular complexity index is 369. The molecular weight excluding hydrogens is 258 g/mol. The number of rotatable bonds is 4. The van der Waals surface area contributed by atoms with E-state index >= 15 is 0 Å². The van der Waals surface area contributed by atoms with E-state index in [-0.39, 0.29) is 11.6 Å². The van der Waals surface area contributed by atoms with E-state index in [0.717, 1.165) is 6.42 Å². The summed E-state index contributed by atoms with van der Waals surface area (Å²) >= 11 is 0. The lowest BCUT2D eigenvalue weighted by Crippen LogP contribution is -2.56. The molecule has 0 aromatic heterocycles. The lowest BCUT2D eigenvalue weighted by Gasteiger charge is -2.38. The number of carboxylic acid groups (broad SMARTS) is 1. The van der Waals surface area contributed by atoms with Crippen molar-refractivity contribution in [2.24, 2.45) is 5.92 Å². The molecule has 0 saturated carbocycles. The van der Waals surface area contributed by atoms with Crippen molar-refractivity contribution in [3.05, 3.63) is 0 Å². The van der Waals surface area contributed by atoms with Crippen molar-refractivity contribution in [1.29, 1.82) is 0 Å². The van der Waals surface area contributed by atoms with Crippen molar-refractivity contribution in [3.8, 4) is 0 Å². The Morgan fingerprint density at radius 3 is 2.50 bits per heavy atom. The summed E-state index contributed by atoms with van der Waals surface area (Å²) in [4.78, 5) is 27.0. The Balaban J connectivity index is 2.64. The fourth-order valence-electron chi connectivity index (χ4n) is 2.17. The number of nitrogens with one attached hydrogen (secondary N) is 1. The highest BCUT2D eigenvalue weighted by atomic mass is 16.4. The molecule has 20 heavy (non-hydrogen) atoms. The van der Waals surface area contributed by atoms with Crippen LogP contribution in [0.3, 0.4) is 0 Å². The second-order valence-corrected chi connectivity index (χ2v) is 6.54. The van der Waals surface area contributed by atoms with Gasteiger partial charge in [0.05, 0.1) is 0 Å². The van der Waals surface area contributed by atoms with Gasteiger partial charge in [0.15, 0.2) is 0 Å². The van der Waals surface area contributed by atoms with Gasteiger partial charge in [0, 0.05) is 18.6 Å². The molecule has 0 spiro atoms. The van der Waals surface area contributed by atoms with Gasteiger partial charge in [0.25, 0.3) is 0 Å². The van der Waals surface area contributed by atoms with Gasteiger partial charge in [-0.1, -0.05) is 6.92 Å². The molecule has 1 aliphatic rings. The van der Waals surface area contributed by atoms with Crippen molar-refractivity contribution in [3.63, 3.8) is 0 Å². The molecule has 6 heteroatoms. The highest BCUT2D eigenvalue weighted by Crippen LogP contribution is 2.22. The van der Waals surface area contributed by atoms with Crippen LogP contribution in [0.25, 0.3) is 0 Å². The lowest BCUT2D eigenvalue weighted by molar-refractivity contribution is -0.143. The third-order valence-corrected chi connectivity index (χ3v) is 4.29. The molecule has 2 amide bonds. The molecule has 0 aromatic rings. The molecule has 2 N–H and O–H groups in total. The Kier molecular flexibility index (Phi) is 5.39. The SMILES string of the molecule is CC1CCN(C(=O)NCC(C)(C)N(C)C)C(C(=O)O)C1. The number of likely N-dealkylation sites (tertiary alicyclic amines) is 1. The Hall–Kier alpha value is -1.30. The number of carbonyl (C=O) groups excluding carboxylic acids is 1. The van der Waals surface area contributed by atoms with Gasteiger partial charge in [-0.3, -0.25) is 0 Å². The minimum Gasteiger partial charge on any atom is -0.480 e. The summed E-state index contributed by atoms with van der Waals surface area (Å²) in [6, 6.07) is -0.986. The minimum atomic E-state index is -0.918. The number of urea groups is 1. The quantitative estimate of drug-likeness (QED) is 0.814. The van der Waals surface area contributed by atoms with Gasteiger partial charge in [-0.15, -0.1) is 0 Å². The zero-order valence-corrected chi connectivity index (χ0v) is 13.1. The third kappa shape index (κ3) is 4.10. The minimum absolute atomic E-state index is 0.169. The second kappa shape index (κ2) is 6.43. The molecule has 1 rings (SSSR count). The average molecular weight is 285 g/mol. The molecule has 1 heterocycles. The Labute approximate surface area is 121 Å². The number of carbonyl (C=O) groups is 2. The predicted molar refractivity (Wildman–Crippen MR) is 77.7 cm³/mol. The molecule has 0 bridgehead atoms. The number of piperidine rings is 1. The number of aliphatic carboxylic acids is 1. The summed E-state index contributed by atoms with van der Waals surface area (Å²) in [5.74, 6) is -0.572. The van der Waals surface area contributed by atoms with Crippen LogP contribution in [0.15, 0.2) is 0 Å². The molecule has 0 radical (unpaired) electrons. The predicted octanol–water partition coefficient (Wildman–Crippen LogP) is 1.22. The van der Waals surface area contributed by atoms with E-state index < -0.39 is 12.0 Å². The van der Waals surface area contributed by atoms with Gasteiger partial charge < -0.3 is 20.2 Å². The fraction of sp³-hybridized carbons (Fsp3) is 0.857. The van der Waals surface area contributed by atoms with Crippen LogP contribution in [0, 0.1) is 5.92 Å². The van der Waals surface area contributed by atoms with Gasteiger partial charge >= 0.3 is 12.0 Å². The molecule has 1 aliphatic heterocycles. The van der Waals surface area contributed by atoms with Crippen LogP contribution in [0.1, 0.15) is 33.6 Å². The molecule has 0 aromatic carbocycles. The number of nitrogens with zero attached hydrogens (tertiary/aromatic N) is 2. The highest BCUT2D eigenvalue weighted by molar-refractivity contribution is 5.82. The van der Waals surface area contributed by atoms with Gasteiger partial charge in [-0.05, 0) is 46.7 Å². The maximum absolute atomic E-state index is 12.2. The maximum atomic E-state index is 12.2. The number of hydrogen-bond donors (Lipinski definition) is 2. The topological polar surface area (TPSA) is 72.9 Å². The fourth-order valence-corrected chi connectivity index (χ4v) is 2.17. The first-order chi connectivity index (χ1) is 9.15. The Morgan fingerprint density at radius 2 is 2.00 bits per heavy atom. The average Bonchev–Trinajstić information content (AvgIpc) is 2.35. The monoisotopic (exact) mass is 285 g/mol. The first kappa shape index (κ1) is 16.8. The summed E-state index contributed by atoms with van der Waals surface area (Å²) in [5.41, 5.74) is -0.169. The molecule has 2 unspecified atom stereocenters. The normalized spacial score (nSPS) is 23.8. The van der Waals surface area contributed by atoms with E-state index in [1.807, 2.05) is 39.8 Å². The van der Waals surface area contributed by atoms with Crippen molar-refractivity contribution >= 4 is 12.0 Å². The van der Waals surface area contributed by atoms with E-state index in [4.69, 9.17) is 0 Å². The van der Waals surface area contributed by atoms with Crippen LogP contribution in [-0.4, -0.2) is 65.7 Å². The van der Waals surface area contributed by atoms with E-state index in [1.165, 1.54) is 4.90 Å². The highest BCUT2D eigenvalue weighted by Gasteiger charge is 2.35. The number of hydrogen-bond acceptors (Lipinski definition) is 3. The van der Waals surface area contributed by atoms with Crippen LogP contribution in [0.5, 0.6) is 0 Å². The van der Waals surface area contributed by atoms with Gasteiger partial charge in [-0.25, -0.2) is 9.59 Å². The zero-order valence-electron chi connectivity index (χ0n) is 13.1. The number of likely N-dealkylation sites (N-methyl/N-ethyl adjacent to an activating group) is 1. The largest absolute Gasteiger partial charge is 0.480 e. The van der Waals surface area contributed by atoms with E-state index in [2.05, 4.69) is 5.32 Å². The molecule has 2 atom stereocenters. The first-order valence-corrected chi connectivity index (χ1v) is 7.10. The van der Waals surface area contributed by atoms with Crippen LogP contribution in [0.4, 0.5) is 4.79 Å². The summed E-state index contributed by atoms with van der Waals surface area (Å²) < 4.78 is 0. The van der Waals surface area contributed by atoms with Gasteiger partial charge in [0.1, 0.15) is 6.04 Å². The van der Waals surface area contributed by atoms with Crippen molar-refractivity contribution in [2.75, 3.05) is 27.2 Å². The molecular formula is C14H27N3O3.